The number of rotatable bonds is 13. The van der Waals surface area contributed by atoms with Crippen molar-refractivity contribution in [2.75, 3.05) is 39.5 Å². The second kappa shape index (κ2) is 17.3. The van der Waals surface area contributed by atoms with E-state index in [0.29, 0.717) is 12.0 Å². The minimum atomic E-state index is 0. The molecule has 0 aromatic heterocycles. The normalized spacial score (nSPS) is 18.7. The van der Waals surface area contributed by atoms with Gasteiger partial charge in [0.2, 0.25) is 0 Å². The highest BCUT2D eigenvalue weighted by atomic mass is 127. The summed E-state index contributed by atoms with van der Waals surface area (Å²) in [6.45, 7) is 11.7. The van der Waals surface area contributed by atoms with Crippen LogP contribution in [0.2, 0.25) is 0 Å². The minimum Gasteiger partial charge on any atom is -0.381 e. The van der Waals surface area contributed by atoms with E-state index in [2.05, 4.69) is 36.4 Å². The maximum Gasteiger partial charge on any atom is 0.191 e. The van der Waals surface area contributed by atoms with Crippen molar-refractivity contribution in [2.45, 2.75) is 71.8 Å². The van der Waals surface area contributed by atoms with Gasteiger partial charge in [0.05, 0.1) is 13.2 Å². The zero-order chi connectivity index (χ0) is 17.5. The molecule has 1 aliphatic rings. The quantitative estimate of drug-likeness (QED) is 0.186. The number of ether oxygens (including phenoxy) is 2. The molecule has 0 bridgehead atoms. The van der Waals surface area contributed by atoms with Crippen LogP contribution in [0.4, 0.5) is 0 Å². The summed E-state index contributed by atoms with van der Waals surface area (Å²) in [6, 6.07) is 0.471. The topological polar surface area (TPSA) is 54.9 Å². The molecule has 1 saturated heterocycles. The Morgan fingerprint density at radius 1 is 1.24 bits per heavy atom. The second-order valence-electron chi connectivity index (χ2n) is 6.81. The van der Waals surface area contributed by atoms with E-state index in [1.54, 1.807) is 0 Å². The van der Waals surface area contributed by atoms with Crippen molar-refractivity contribution in [1.29, 1.82) is 0 Å². The van der Waals surface area contributed by atoms with Crippen molar-refractivity contribution in [2.24, 2.45) is 10.9 Å². The van der Waals surface area contributed by atoms with Gasteiger partial charge in [-0.2, -0.15) is 0 Å². The zero-order valence-electron chi connectivity index (χ0n) is 16.5. The first-order valence-electron chi connectivity index (χ1n) is 9.96. The van der Waals surface area contributed by atoms with Crippen LogP contribution in [0, 0.1) is 5.92 Å². The van der Waals surface area contributed by atoms with Crippen molar-refractivity contribution in [1.82, 2.24) is 10.6 Å². The molecule has 0 amide bonds. The fourth-order valence-corrected chi connectivity index (χ4v) is 2.83. The molecule has 6 heteroatoms. The van der Waals surface area contributed by atoms with Gasteiger partial charge in [0, 0.05) is 38.3 Å². The number of hydrogen-bond acceptors (Lipinski definition) is 3. The molecule has 2 N–H and O–H groups in total. The van der Waals surface area contributed by atoms with Crippen LogP contribution in [0.5, 0.6) is 0 Å². The van der Waals surface area contributed by atoms with Crippen molar-refractivity contribution in [3.63, 3.8) is 0 Å². The van der Waals surface area contributed by atoms with E-state index in [-0.39, 0.29) is 24.0 Å². The summed E-state index contributed by atoms with van der Waals surface area (Å²) in [6.07, 6.45) is 8.57. The van der Waals surface area contributed by atoms with Crippen molar-refractivity contribution < 1.29 is 9.47 Å². The number of unbranched alkanes of at least 4 members (excludes halogenated alkanes) is 3. The van der Waals surface area contributed by atoms with Gasteiger partial charge in [-0.1, -0.05) is 32.6 Å². The fourth-order valence-electron chi connectivity index (χ4n) is 2.83. The first kappa shape index (κ1) is 24.9. The molecule has 0 aliphatic carbocycles. The van der Waals surface area contributed by atoms with Gasteiger partial charge in [-0.3, -0.25) is 4.99 Å². The predicted molar refractivity (Wildman–Crippen MR) is 117 cm³/mol. The fraction of sp³-hybridized carbons (Fsp3) is 0.947. The number of nitrogens with zero attached hydrogens (tertiary/aromatic N) is 1. The first-order valence-corrected chi connectivity index (χ1v) is 9.96. The molecule has 25 heavy (non-hydrogen) atoms. The van der Waals surface area contributed by atoms with Crippen LogP contribution < -0.4 is 10.6 Å². The Hall–Kier alpha value is -0.0800. The zero-order valence-corrected chi connectivity index (χ0v) is 18.8. The largest absolute Gasteiger partial charge is 0.381 e. The lowest BCUT2D eigenvalue weighted by atomic mass is 10.1. The smallest absolute Gasteiger partial charge is 0.191 e. The highest BCUT2D eigenvalue weighted by Gasteiger charge is 2.15. The molecule has 2 atom stereocenters. The molecular weight excluding hydrogens is 429 g/mol. The second-order valence-corrected chi connectivity index (χ2v) is 6.81. The number of aliphatic imine (C=N–C) groups is 1. The van der Waals surface area contributed by atoms with Crippen LogP contribution >= 0.6 is 24.0 Å². The molecule has 0 aromatic rings. The molecular formula is C19H40IN3O2. The van der Waals surface area contributed by atoms with Gasteiger partial charge in [-0.05, 0) is 33.1 Å². The van der Waals surface area contributed by atoms with E-state index in [0.717, 1.165) is 58.3 Å². The third kappa shape index (κ3) is 13.7. The summed E-state index contributed by atoms with van der Waals surface area (Å²) in [5, 5.41) is 6.84. The van der Waals surface area contributed by atoms with E-state index in [4.69, 9.17) is 9.47 Å². The summed E-state index contributed by atoms with van der Waals surface area (Å²) in [5.41, 5.74) is 0. The van der Waals surface area contributed by atoms with Gasteiger partial charge in [-0.25, -0.2) is 0 Å². The molecule has 0 radical (unpaired) electrons. The Morgan fingerprint density at radius 3 is 2.76 bits per heavy atom. The number of guanidine groups is 1. The van der Waals surface area contributed by atoms with Crippen LogP contribution in [-0.4, -0.2) is 51.5 Å². The lowest BCUT2D eigenvalue weighted by Gasteiger charge is -2.17. The molecule has 5 nitrogen and oxygen atoms in total. The summed E-state index contributed by atoms with van der Waals surface area (Å²) in [4.78, 5) is 4.66. The summed E-state index contributed by atoms with van der Waals surface area (Å²) in [7, 11) is 0. The Labute approximate surface area is 172 Å². The third-order valence-corrected chi connectivity index (χ3v) is 4.31. The average Bonchev–Trinajstić information content (AvgIpc) is 3.08. The monoisotopic (exact) mass is 469 g/mol. The molecule has 1 heterocycles. The standard InChI is InChI=1S/C19H39N3O2.HI/c1-4-6-7-8-10-17(3)22-19(20-5-2)21-12-9-13-23-15-18-11-14-24-16-18;/h17-18H,4-16H2,1-3H3,(H2,20,21,22);1H. The summed E-state index contributed by atoms with van der Waals surface area (Å²) < 4.78 is 11.1. The van der Waals surface area contributed by atoms with Crippen LogP contribution in [0.3, 0.4) is 0 Å². The molecule has 0 saturated carbocycles. The third-order valence-electron chi connectivity index (χ3n) is 4.31. The predicted octanol–water partition coefficient (Wildman–Crippen LogP) is 3.96. The molecule has 1 fully saturated rings. The van der Waals surface area contributed by atoms with Crippen LogP contribution in [0.25, 0.3) is 0 Å². The molecule has 1 aliphatic heterocycles. The Kier molecular flexibility index (Phi) is 17.3. The molecule has 1 rings (SSSR count). The maximum atomic E-state index is 5.73. The minimum absolute atomic E-state index is 0. The van der Waals surface area contributed by atoms with Crippen LogP contribution in [-0.2, 0) is 9.47 Å². The van der Waals surface area contributed by atoms with Gasteiger partial charge < -0.3 is 20.1 Å². The molecule has 0 spiro atoms. The number of nitrogens with one attached hydrogen (secondary N) is 2. The van der Waals surface area contributed by atoms with E-state index >= 15 is 0 Å². The van der Waals surface area contributed by atoms with Gasteiger partial charge >= 0.3 is 0 Å². The van der Waals surface area contributed by atoms with E-state index in [9.17, 15) is 0 Å². The van der Waals surface area contributed by atoms with Crippen LogP contribution in [0.15, 0.2) is 4.99 Å². The van der Waals surface area contributed by atoms with E-state index in [1.807, 2.05) is 0 Å². The molecule has 0 aromatic carbocycles. The maximum absolute atomic E-state index is 5.73. The van der Waals surface area contributed by atoms with Crippen LogP contribution in [0.1, 0.15) is 65.7 Å². The Balaban J connectivity index is 0.00000576. The highest BCUT2D eigenvalue weighted by Crippen LogP contribution is 2.12. The molecule has 150 valence electrons. The SMILES string of the molecule is CCCCCCC(C)NC(=NCCCOCC1CCOC1)NCC.I. The van der Waals surface area contributed by atoms with Crippen molar-refractivity contribution >= 4 is 29.9 Å². The van der Waals surface area contributed by atoms with Crippen molar-refractivity contribution in [3.05, 3.63) is 0 Å². The van der Waals surface area contributed by atoms with Gasteiger partial charge in [0.25, 0.3) is 0 Å². The molecule has 2 unspecified atom stereocenters. The van der Waals surface area contributed by atoms with Gasteiger partial charge in [0.1, 0.15) is 0 Å². The van der Waals surface area contributed by atoms with Crippen molar-refractivity contribution in [3.8, 4) is 0 Å². The first-order chi connectivity index (χ1) is 11.8. The number of halogens is 1. The van der Waals surface area contributed by atoms with Gasteiger partial charge in [0.15, 0.2) is 5.96 Å². The lowest BCUT2D eigenvalue weighted by molar-refractivity contribution is 0.0893. The number of hydrogen-bond donors (Lipinski definition) is 2. The van der Waals surface area contributed by atoms with E-state index < -0.39 is 0 Å². The Bertz CT molecular complexity index is 324. The summed E-state index contributed by atoms with van der Waals surface area (Å²) in [5.74, 6) is 1.53. The highest BCUT2D eigenvalue weighted by molar-refractivity contribution is 14.0. The Morgan fingerprint density at radius 2 is 2.08 bits per heavy atom. The van der Waals surface area contributed by atoms with E-state index in [1.165, 1.54) is 32.1 Å². The van der Waals surface area contributed by atoms with Gasteiger partial charge in [-0.15, -0.1) is 24.0 Å². The summed E-state index contributed by atoms with van der Waals surface area (Å²) >= 11 is 0. The average molecular weight is 469 g/mol. The lowest BCUT2D eigenvalue weighted by Crippen LogP contribution is -2.42.